The summed E-state index contributed by atoms with van der Waals surface area (Å²) >= 11 is 0. The molecule has 5 aliphatic rings. The van der Waals surface area contributed by atoms with E-state index in [0.717, 1.165) is 44.4 Å². The van der Waals surface area contributed by atoms with Crippen LogP contribution in [0.1, 0.15) is 113 Å². The molecule has 0 bridgehead atoms. The van der Waals surface area contributed by atoms with E-state index >= 15 is 0 Å². The van der Waals surface area contributed by atoms with E-state index in [1.165, 1.54) is 25.7 Å². The summed E-state index contributed by atoms with van der Waals surface area (Å²) in [5, 5.41) is 10.5. The number of hydrogen-bond acceptors (Lipinski definition) is 1. The van der Waals surface area contributed by atoms with Crippen LogP contribution in [0, 0.1) is 56.2 Å². The van der Waals surface area contributed by atoms with E-state index in [0.29, 0.717) is 22.7 Å². The molecule has 1 N–H and O–H groups in total. The Bertz CT molecular complexity index is 925. The molecule has 190 valence electrons. The summed E-state index contributed by atoms with van der Waals surface area (Å²) < 4.78 is 0. The van der Waals surface area contributed by atoms with Gasteiger partial charge >= 0.3 is 5.97 Å². The second kappa shape index (κ2) is 7.25. The Morgan fingerprint density at radius 1 is 0.941 bits per heavy atom. The summed E-state index contributed by atoms with van der Waals surface area (Å²) in [6.07, 6.45) is 16.0. The van der Waals surface area contributed by atoms with Gasteiger partial charge in [-0.1, -0.05) is 66.2 Å². The second-order valence-corrected chi connectivity index (χ2v) is 15.4. The average Bonchev–Trinajstić information content (AvgIpc) is 2.73. The Balaban J connectivity index is 1.59. The highest BCUT2D eigenvalue weighted by Crippen LogP contribution is 2.76. The molecule has 4 saturated carbocycles. The molecule has 0 aromatic rings. The van der Waals surface area contributed by atoms with Gasteiger partial charge < -0.3 is 5.11 Å². The van der Waals surface area contributed by atoms with Crippen LogP contribution in [0.2, 0.25) is 0 Å². The molecule has 0 aromatic carbocycles. The predicted octanol–water partition coefficient (Wildman–Crippen LogP) is 8.67. The molecule has 5 rings (SSSR count). The summed E-state index contributed by atoms with van der Waals surface area (Å²) in [6.45, 7) is 21.8. The number of aliphatic carboxylic acids is 1. The summed E-state index contributed by atoms with van der Waals surface area (Å²) in [5.41, 5.74) is 2.29. The van der Waals surface area contributed by atoms with Crippen LogP contribution in [0.5, 0.6) is 0 Å². The summed E-state index contributed by atoms with van der Waals surface area (Å²) in [6, 6.07) is 0. The van der Waals surface area contributed by atoms with Gasteiger partial charge in [-0.25, -0.2) is 0 Å². The van der Waals surface area contributed by atoms with Crippen LogP contribution < -0.4 is 0 Å². The van der Waals surface area contributed by atoms with Crippen molar-refractivity contribution in [1.82, 2.24) is 0 Å². The fraction of sp³-hybridized carbons (Fsp3) is 0.844. The van der Waals surface area contributed by atoms with E-state index in [9.17, 15) is 9.90 Å². The lowest BCUT2D eigenvalue weighted by Crippen LogP contribution is -2.64. The molecule has 0 radical (unpaired) electrons. The van der Waals surface area contributed by atoms with E-state index in [2.05, 4.69) is 67.2 Å². The summed E-state index contributed by atoms with van der Waals surface area (Å²) in [4.78, 5) is 12.8. The van der Waals surface area contributed by atoms with Gasteiger partial charge in [0.2, 0.25) is 0 Å². The highest BCUT2D eigenvalue weighted by molar-refractivity contribution is 5.76. The maximum atomic E-state index is 12.8. The third kappa shape index (κ3) is 2.89. The minimum absolute atomic E-state index is 0.125. The van der Waals surface area contributed by atoms with Crippen molar-refractivity contribution >= 4 is 5.97 Å². The smallest absolute Gasteiger partial charge is 0.310 e. The number of rotatable bonds is 2. The number of carboxylic acids is 1. The van der Waals surface area contributed by atoms with Crippen molar-refractivity contribution in [1.29, 1.82) is 0 Å². The highest BCUT2D eigenvalue weighted by atomic mass is 16.4. The van der Waals surface area contributed by atoms with Crippen molar-refractivity contribution in [2.45, 2.75) is 113 Å². The van der Waals surface area contributed by atoms with Gasteiger partial charge in [0, 0.05) is 0 Å². The topological polar surface area (TPSA) is 37.3 Å². The van der Waals surface area contributed by atoms with Crippen molar-refractivity contribution < 1.29 is 9.90 Å². The standard InChI is InChI=1S/C32H50O2/c1-9-21-12-14-29(6)24(28(21,4)5)13-15-31(8)25(29)11-10-22-23-20-27(2,3)16-18-32(23,26(33)34)19-17-30(22,31)7/h9-10,21,23-25H,1,11-20H2,2-8H3,(H,33,34)/t21?,23-,24?,25+,29-,30+,31+,32-/m0/s1. The normalized spacial score (nSPS) is 51.1. The molecule has 34 heavy (non-hydrogen) atoms. The molecular formula is C32H50O2. The molecule has 2 unspecified atom stereocenters. The Labute approximate surface area is 209 Å². The molecule has 0 aromatic heterocycles. The van der Waals surface area contributed by atoms with Gasteiger partial charge in [0.05, 0.1) is 5.41 Å². The third-order valence-electron chi connectivity index (χ3n) is 13.5. The van der Waals surface area contributed by atoms with E-state index in [1.54, 1.807) is 5.57 Å². The molecular weight excluding hydrogens is 416 g/mol. The molecule has 0 aliphatic heterocycles. The predicted molar refractivity (Wildman–Crippen MR) is 140 cm³/mol. The highest BCUT2D eigenvalue weighted by Gasteiger charge is 2.69. The van der Waals surface area contributed by atoms with Gasteiger partial charge in [-0.05, 0) is 115 Å². The van der Waals surface area contributed by atoms with Crippen LogP contribution in [0.4, 0.5) is 0 Å². The maximum Gasteiger partial charge on any atom is 0.310 e. The molecule has 0 amide bonds. The number of fused-ring (bicyclic) bond motifs is 7. The van der Waals surface area contributed by atoms with Gasteiger partial charge in [0.15, 0.2) is 0 Å². The number of hydrogen-bond donors (Lipinski definition) is 1. The average molecular weight is 467 g/mol. The van der Waals surface area contributed by atoms with Gasteiger partial charge in [-0.15, -0.1) is 6.58 Å². The van der Waals surface area contributed by atoms with Crippen LogP contribution in [0.15, 0.2) is 24.3 Å². The summed E-state index contributed by atoms with van der Waals surface area (Å²) in [5.74, 6) is 1.73. The first kappa shape index (κ1) is 24.6. The monoisotopic (exact) mass is 466 g/mol. The molecule has 8 atom stereocenters. The van der Waals surface area contributed by atoms with Crippen molar-refractivity contribution in [2.24, 2.45) is 56.2 Å². The Hall–Kier alpha value is -1.05. The van der Waals surface area contributed by atoms with Crippen LogP contribution in [0.25, 0.3) is 0 Å². The molecule has 2 heteroatoms. The number of carboxylic acid groups (broad SMARTS) is 1. The van der Waals surface area contributed by atoms with E-state index in [4.69, 9.17) is 0 Å². The molecule has 0 saturated heterocycles. The lowest BCUT2D eigenvalue weighted by molar-refractivity contribution is -0.193. The van der Waals surface area contributed by atoms with Gasteiger partial charge in [-0.3, -0.25) is 4.79 Å². The third-order valence-corrected chi connectivity index (χ3v) is 13.5. The Kier molecular flexibility index (Phi) is 5.26. The second-order valence-electron chi connectivity index (χ2n) is 15.4. The van der Waals surface area contributed by atoms with Crippen LogP contribution >= 0.6 is 0 Å². The fourth-order valence-corrected chi connectivity index (χ4v) is 11.1. The Morgan fingerprint density at radius 3 is 2.26 bits per heavy atom. The minimum atomic E-state index is -0.533. The molecule has 5 aliphatic carbocycles. The molecule has 0 heterocycles. The van der Waals surface area contributed by atoms with E-state index < -0.39 is 11.4 Å². The van der Waals surface area contributed by atoms with Crippen LogP contribution in [-0.2, 0) is 4.79 Å². The van der Waals surface area contributed by atoms with Crippen molar-refractivity contribution in [2.75, 3.05) is 0 Å². The molecule has 4 fully saturated rings. The molecule has 2 nitrogen and oxygen atoms in total. The minimum Gasteiger partial charge on any atom is -0.481 e. The largest absolute Gasteiger partial charge is 0.481 e. The van der Waals surface area contributed by atoms with Gasteiger partial charge in [0.1, 0.15) is 0 Å². The van der Waals surface area contributed by atoms with Crippen molar-refractivity contribution in [3.8, 4) is 0 Å². The fourth-order valence-electron chi connectivity index (χ4n) is 11.1. The van der Waals surface area contributed by atoms with Crippen molar-refractivity contribution in [3.05, 3.63) is 24.3 Å². The lowest BCUT2D eigenvalue weighted by atomic mass is 9.33. The maximum absolute atomic E-state index is 12.8. The zero-order chi connectivity index (χ0) is 24.9. The number of allylic oxidation sites excluding steroid dienone is 3. The first-order chi connectivity index (χ1) is 15.7. The quantitative estimate of drug-likeness (QED) is 0.413. The van der Waals surface area contributed by atoms with E-state index in [1.807, 2.05) is 0 Å². The van der Waals surface area contributed by atoms with Gasteiger partial charge in [-0.2, -0.15) is 0 Å². The zero-order valence-corrected chi connectivity index (χ0v) is 23.1. The van der Waals surface area contributed by atoms with Crippen LogP contribution in [0.3, 0.4) is 0 Å². The van der Waals surface area contributed by atoms with Crippen molar-refractivity contribution in [3.63, 3.8) is 0 Å². The first-order valence-electron chi connectivity index (χ1n) is 14.2. The lowest BCUT2D eigenvalue weighted by Gasteiger charge is -2.71. The first-order valence-corrected chi connectivity index (χ1v) is 14.2. The SMILES string of the molecule is C=CC1CC[C@@]2(C)C(CC[C@]3(C)[C@@H]2CC=C2[C@@H]4CC(C)(C)CC[C@]4(C(=O)O)CC[C@]23C)C1(C)C. The van der Waals surface area contributed by atoms with E-state index in [-0.39, 0.29) is 22.2 Å². The number of carbonyl (C=O) groups is 1. The van der Waals surface area contributed by atoms with Gasteiger partial charge in [0.25, 0.3) is 0 Å². The Morgan fingerprint density at radius 2 is 1.62 bits per heavy atom. The summed E-state index contributed by atoms with van der Waals surface area (Å²) in [7, 11) is 0. The molecule has 0 spiro atoms. The van der Waals surface area contributed by atoms with Crippen LogP contribution in [-0.4, -0.2) is 11.1 Å². The zero-order valence-electron chi connectivity index (χ0n) is 23.1.